The summed E-state index contributed by atoms with van der Waals surface area (Å²) in [5, 5.41) is 0. The highest BCUT2D eigenvalue weighted by Crippen LogP contribution is 2.30. The Hall–Kier alpha value is -1.55. The van der Waals surface area contributed by atoms with Crippen molar-refractivity contribution in [2.75, 3.05) is 11.4 Å². The summed E-state index contributed by atoms with van der Waals surface area (Å²) in [5.74, 6) is 0.290. The Balaban J connectivity index is 1.95. The smallest absolute Gasteiger partial charge is 0.294 e. The molecule has 1 aliphatic rings. The number of carbonyl (C=O) groups excluding carboxylic acids is 1. The number of rotatable bonds is 1. The Bertz CT molecular complexity index is 618. The molecule has 0 saturated carbocycles. The molecule has 4 heteroatoms. The van der Waals surface area contributed by atoms with E-state index in [9.17, 15) is 4.79 Å². The molecule has 2 heterocycles. The quantitative estimate of drug-likeness (QED) is 0.807. The highest BCUT2D eigenvalue weighted by atomic mass is 79.9. The number of hydrogen-bond acceptors (Lipinski definition) is 2. The third kappa shape index (κ3) is 1.86. The third-order valence-corrected chi connectivity index (χ3v) is 3.59. The van der Waals surface area contributed by atoms with Crippen LogP contribution in [0.5, 0.6) is 0 Å². The van der Waals surface area contributed by atoms with E-state index in [0.29, 0.717) is 10.4 Å². The molecule has 1 aromatic heterocycles. The van der Waals surface area contributed by atoms with Crippen LogP contribution in [0.25, 0.3) is 0 Å². The van der Waals surface area contributed by atoms with Crippen molar-refractivity contribution in [1.82, 2.24) is 0 Å². The largest absolute Gasteiger partial charge is 0.444 e. The number of furan rings is 1. The van der Waals surface area contributed by atoms with Crippen LogP contribution in [0, 0.1) is 6.92 Å². The zero-order valence-corrected chi connectivity index (χ0v) is 11.5. The van der Waals surface area contributed by atoms with E-state index >= 15 is 0 Å². The molecule has 1 amide bonds. The van der Waals surface area contributed by atoms with Gasteiger partial charge >= 0.3 is 0 Å². The summed E-state index contributed by atoms with van der Waals surface area (Å²) >= 11 is 3.21. The molecule has 18 heavy (non-hydrogen) atoms. The summed E-state index contributed by atoms with van der Waals surface area (Å²) in [4.78, 5) is 14.1. The molecule has 1 aliphatic heterocycles. The fraction of sp³-hybridized carbons (Fsp3) is 0.214. The van der Waals surface area contributed by atoms with Crippen molar-refractivity contribution < 1.29 is 9.21 Å². The Labute approximate surface area is 114 Å². The molecule has 3 nitrogen and oxygen atoms in total. The predicted octanol–water partition coefficient (Wildman–Crippen LogP) is 3.55. The summed E-state index contributed by atoms with van der Waals surface area (Å²) < 4.78 is 5.90. The van der Waals surface area contributed by atoms with Crippen molar-refractivity contribution in [3.63, 3.8) is 0 Å². The number of carbonyl (C=O) groups is 1. The Morgan fingerprint density at radius 1 is 1.33 bits per heavy atom. The number of halogens is 1. The SMILES string of the molecule is Cc1ccc2c(c1)CCN2C(=O)c1ccc(Br)o1. The highest BCUT2D eigenvalue weighted by molar-refractivity contribution is 9.10. The summed E-state index contributed by atoms with van der Waals surface area (Å²) in [7, 11) is 0. The molecule has 0 spiro atoms. The van der Waals surface area contributed by atoms with Gasteiger partial charge in [-0.2, -0.15) is 0 Å². The van der Waals surface area contributed by atoms with E-state index in [4.69, 9.17) is 4.42 Å². The van der Waals surface area contributed by atoms with Gasteiger partial charge in [-0.25, -0.2) is 0 Å². The Kier molecular flexibility index (Phi) is 2.74. The molecule has 92 valence electrons. The maximum absolute atomic E-state index is 12.3. The second kappa shape index (κ2) is 4.28. The molecule has 0 saturated heterocycles. The zero-order valence-electron chi connectivity index (χ0n) is 9.94. The standard InChI is InChI=1S/C14H12BrNO2/c1-9-2-3-11-10(8-9)6-7-16(11)14(17)12-4-5-13(15)18-12/h2-5,8H,6-7H2,1H3. The first-order chi connectivity index (χ1) is 8.65. The first kappa shape index (κ1) is 11.5. The van der Waals surface area contributed by atoms with Crippen LogP contribution in [0.3, 0.4) is 0 Å². The van der Waals surface area contributed by atoms with E-state index in [0.717, 1.165) is 18.7 Å². The maximum Gasteiger partial charge on any atom is 0.294 e. The van der Waals surface area contributed by atoms with Gasteiger partial charge in [0.25, 0.3) is 5.91 Å². The molecule has 0 fully saturated rings. The van der Waals surface area contributed by atoms with Crippen LogP contribution in [0.15, 0.2) is 39.4 Å². The summed E-state index contributed by atoms with van der Waals surface area (Å²) in [6.45, 7) is 2.78. The molecule has 3 rings (SSSR count). The second-order valence-electron chi connectivity index (χ2n) is 4.44. The average Bonchev–Trinajstić information content (AvgIpc) is 2.94. The van der Waals surface area contributed by atoms with Gasteiger partial charge in [-0.05, 0) is 53.0 Å². The molecule has 0 aliphatic carbocycles. The van der Waals surface area contributed by atoms with Crippen LogP contribution in [0.4, 0.5) is 5.69 Å². The molecule has 1 aromatic carbocycles. The van der Waals surface area contributed by atoms with Gasteiger partial charge in [0.15, 0.2) is 10.4 Å². The predicted molar refractivity (Wildman–Crippen MR) is 73.0 cm³/mol. The number of hydrogen-bond donors (Lipinski definition) is 0. The molecule has 0 bridgehead atoms. The van der Waals surface area contributed by atoms with Gasteiger partial charge in [0, 0.05) is 12.2 Å². The first-order valence-corrected chi connectivity index (χ1v) is 6.61. The van der Waals surface area contributed by atoms with Crippen LogP contribution < -0.4 is 4.90 Å². The van der Waals surface area contributed by atoms with Crippen LogP contribution in [0.1, 0.15) is 21.7 Å². The van der Waals surface area contributed by atoms with Crippen LogP contribution in [-0.4, -0.2) is 12.5 Å². The normalized spacial score (nSPS) is 13.8. The number of amides is 1. The Morgan fingerprint density at radius 2 is 2.17 bits per heavy atom. The molecular formula is C14H12BrNO2. The van der Waals surface area contributed by atoms with Crippen molar-refractivity contribution in [2.24, 2.45) is 0 Å². The van der Waals surface area contributed by atoms with Gasteiger partial charge in [0.05, 0.1) is 0 Å². The fourth-order valence-electron chi connectivity index (χ4n) is 2.30. The van der Waals surface area contributed by atoms with Gasteiger partial charge in [0.2, 0.25) is 0 Å². The summed E-state index contributed by atoms with van der Waals surface area (Å²) in [6, 6.07) is 9.61. The van der Waals surface area contributed by atoms with Crippen molar-refractivity contribution in [3.8, 4) is 0 Å². The van der Waals surface area contributed by atoms with Crippen LogP contribution >= 0.6 is 15.9 Å². The van der Waals surface area contributed by atoms with Crippen LogP contribution in [-0.2, 0) is 6.42 Å². The summed E-state index contributed by atoms with van der Waals surface area (Å²) in [6.07, 6.45) is 0.907. The Morgan fingerprint density at radius 3 is 2.89 bits per heavy atom. The fourth-order valence-corrected chi connectivity index (χ4v) is 2.61. The monoisotopic (exact) mass is 305 g/mol. The van der Waals surface area contributed by atoms with E-state index in [1.54, 1.807) is 17.0 Å². The van der Waals surface area contributed by atoms with Crippen LogP contribution in [0.2, 0.25) is 0 Å². The third-order valence-electron chi connectivity index (χ3n) is 3.16. The molecule has 0 N–H and O–H groups in total. The lowest BCUT2D eigenvalue weighted by molar-refractivity contribution is 0.0961. The highest BCUT2D eigenvalue weighted by Gasteiger charge is 2.27. The lowest BCUT2D eigenvalue weighted by Gasteiger charge is -2.15. The molecule has 0 unspecified atom stereocenters. The summed E-state index contributed by atoms with van der Waals surface area (Å²) in [5.41, 5.74) is 3.45. The second-order valence-corrected chi connectivity index (χ2v) is 5.22. The van der Waals surface area contributed by atoms with Crippen molar-refractivity contribution >= 4 is 27.5 Å². The van der Waals surface area contributed by atoms with E-state index in [2.05, 4.69) is 28.9 Å². The van der Waals surface area contributed by atoms with Gasteiger partial charge in [-0.3, -0.25) is 4.79 Å². The van der Waals surface area contributed by atoms with Crippen molar-refractivity contribution in [3.05, 3.63) is 51.9 Å². The maximum atomic E-state index is 12.3. The van der Waals surface area contributed by atoms with Gasteiger partial charge in [-0.15, -0.1) is 0 Å². The molecular weight excluding hydrogens is 294 g/mol. The van der Waals surface area contributed by atoms with Gasteiger partial charge < -0.3 is 9.32 Å². The van der Waals surface area contributed by atoms with Crippen molar-refractivity contribution in [2.45, 2.75) is 13.3 Å². The average molecular weight is 306 g/mol. The van der Waals surface area contributed by atoms with Gasteiger partial charge in [-0.1, -0.05) is 17.7 Å². The number of aryl methyl sites for hydroxylation is 1. The van der Waals surface area contributed by atoms with E-state index in [1.807, 2.05) is 12.1 Å². The number of anilines is 1. The molecule has 0 atom stereocenters. The minimum absolute atomic E-state index is 0.0803. The minimum atomic E-state index is -0.0803. The van der Waals surface area contributed by atoms with E-state index in [1.165, 1.54) is 11.1 Å². The minimum Gasteiger partial charge on any atom is -0.444 e. The number of nitrogens with zero attached hydrogens (tertiary/aromatic N) is 1. The van der Waals surface area contributed by atoms with Gasteiger partial charge in [0.1, 0.15) is 0 Å². The number of fused-ring (bicyclic) bond motifs is 1. The van der Waals surface area contributed by atoms with E-state index < -0.39 is 0 Å². The lowest BCUT2D eigenvalue weighted by Crippen LogP contribution is -2.28. The molecule has 2 aromatic rings. The van der Waals surface area contributed by atoms with E-state index in [-0.39, 0.29) is 5.91 Å². The number of benzene rings is 1. The zero-order chi connectivity index (χ0) is 12.7. The lowest BCUT2D eigenvalue weighted by atomic mass is 10.1. The van der Waals surface area contributed by atoms with Crippen molar-refractivity contribution in [1.29, 1.82) is 0 Å². The first-order valence-electron chi connectivity index (χ1n) is 5.82. The molecule has 0 radical (unpaired) electrons. The topological polar surface area (TPSA) is 33.5 Å².